The van der Waals surface area contributed by atoms with Crippen molar-refractivity contribution in [3.8, 4) is 11.5 Å². The fourth-order valence-electron chi connectivity index (χ4n) is 2.37. The van der Waals surface area contributed by atoms with Gasteiger partial charge in [0.2, 0.25) is 0 Å². The molecule has 1 saturated heterocycles. The third kappa shape index (κ3) is 3.28. The van der Waals surface area contributed by atoms with Gasteiger partial charge in [-0.05, 0) is 24.3 Å². The molecule has 2 N–H and O–H groups in total. The van der Waals surface area contributed by atoms with E-state index in [9.17, 15) is 10.2 Å². The van der Waals surface area contributed by atoms with E-state index in [1.165, 1.54) is 12.1 Å². The van der Waals surface area contributed by atoms with Crippen molar-refractivity contribution in [3.63, 3.8) is 0 Å². The molecular weight excluding hydrogens is 280 g/mol. The molecule has 6 nitrogen and oxygen atoms in total. The van der Waals surface area contributed by atoms with Crippen LogP contribution in [0, 0.1) is 0 Å². The van der Waals surface area contributed by atoms with Crippen LogP contribution in [0.1, 0.15) is 5.56 Å². The van der Waals surface area contributed by atoms with Gasteiger partial charge in [-0.3, -0.25) is 5.01 Å². The summed E-state index contributed by atoms with van der Waals surface area (Å²) in [5, 5.41) is 25.3. The maximum absolute atomic E-state index is 9.73. The Morgan fingerprint density at radius 2 is 1.86 bits per heavy atom. The van der Waals surface area contributed by atoms with Crippen LogP contribution in [0.3, 0.4) is 0 Å². The molecule has 114 valence electrons. The van der Waals surface area contributed by atoms with Crippen molar-refractivity contribution in [3.05, 3.63) is 48.2 Å². The van der Waals surface area contributed by atoms with Gasteiger partial charge < -0.3 is 15.1 Å². The molecule has 0 aliphatic carbocycles. The maximum atomic E-state index is 9.73. The van der Waals surface area contributed by atoms with Crippen molar-refractivity contribution in [1.29, 1.82) is 0 Å². The van der Waals surface area contributed by atoms with Gasteiger partial charge in [0.1, 0.15) is 17.3 Å². The number of hydrogen-bond acceptors (Lipinski definition) is 6. The summed E-state index contributed by atoms with van der Waals surface area (Å²) in [7, 11) is 0. The Morgan fingerprint density at radius 3 is 2.55 bits per heavy atom. The number of nitrogens with zero attached hydrogens (tertiary/aromatic N) is 4. The van der Waals surface area contributed by atoms with E-state index < -0.39 is 0 Å². The van der Waals surface area contributed by atoms with Gasteiger partial charge in [-0.15, -0.1) is 0 Å². The first-order valence-electron chi connectivity index (χ1n) is 7.19. The molecule has 0 amide bonds. The van der Waals surface area contributed by atoms with Gasteiger partial charge >= 0.3 is 0 Å². The van der Waals surface area contributed by atoms with Crippen molar-refractivity contribution in [2.75, 3.05) is 31.1 Å². The van der Waals surface area contributed by atoms with Crippen LogP contribution >= 0.6 is 0 Å². The Morgan fingerprint density at radius 1 is 1.05 bits per heavy atom. The minimum atomic E-state index is 0.0240. The van der Waals surface area contributed by atoms with Gasteiger partial charge in [-0.25, -0.2) is 4.98 Å². The van der Waals surface area contributed by atoms with Gasteiger partial charge in [-0.2, -0.15) is 5.10 Å². The normalized spacial score (nSPS) is 15.5. The first kappa shape index (κ1) is 14.2. The Bertz CT molecular complexity index is 652. The minimum Gasteiger partial charge on any atom is -0.508 e. The lowest BCUT2D eigenvalue weighted by atomic mass is 10.2. The third-order valence-corrected chi connectivity index (χ3v) is 3.60. The number of hydrazone groups is 1. The Labute approximate surface area is 129 Å². The molecule has 2 heterocycles. The standard InChI is InChI=1S/C16H18N4O2/c21-14-5-4-13(15(22)11-14)12-18-20-9-7-19(8-10-20)16-3-1-2-6-17-16/h1-6,11-12,21-22H,7-10H2. The number of rotatable bonds is 3. The first-order chi connectivity index (χ1) is 10.7. The summed E-state index contributed by atoms with van der Waals surface area (Å²) >= 11 is 0. The summed E-state index contributed by atoms with van der Waals surface area (Å²) < 4.78 is 0. The molecule has 0 bridgehead atoms. The van der Waals surface area contributed by atoms with Crippen LogP contribution in [0.2, 0.25) is 0 Å². The molecule has 2 aromatic rings. The molecule has 1 fully saturated rings. The molecular formula is C16H18N4O2. The van der Waals surface area contributed by atoms with Crippen LogP contribution in [0.15, 0.2) is 47.7 Å². The molecule has 0 radical (unpaired) electrons. The van der Waals surface area contributed by atoms with E-state index in [0.717, 1.165) is 32.0 Å². The van der Waals surface area contributed by atoms with Crippen LogP contribution in [0.5, 0.6) is 11.5 Å². The number of phenolic OH excluding ortho intramolecular Hbond substituents is 2. The van der Waals surface area contributed by atoms with Crippen molar-refractivity contribution >= 4 is 12.0 Å². The summed E-state index contributed by atoms with van der Waals surface area (Å²) in [6.07, 6.45) is 3.42. The number of aromatic hydroxyl groups is 2. The quantitative estimate of drug-likeness (QED) is 0.843. The van der Waals surface area contributed by atoms with Crippen LogP contribution in [0.4, 0.5) is 5.82 Å². The summed E-state index contributed by atoms with van der Waals surface area (Å²) in [4.78, 5) is 6.58. The molecule has 0 atom stereocenters. The van der Waals surface area contributed by atoms with E-state index in [-0.39, 0.29) is 11.5 Å². The van der Waals surface area contributed by atoms with Crippen LogP contribution in [0.25, 0.3) is 0 Å². The second kappa shape index (κ2) is 6.34. The number of piperazine rings is 1. The first-order valence-corrected chi connectivity index (χ1v) is 7.19. The Kier molecular flexibility index (Phi) is 4.09. The van der Waals surface area contributed by atoms with E-state index >= 15 is 0 Å². The van der Waals surface area contributed by atoms with Crippen LogP contribution < -0.4 is 4.90 Å². The Balaban J connectivity index is 1.59. The predicted molar refractivity (Wildman–Crippen MR) is 85.4 cm³/mol. The third-order valence-electron chi connectivity index (χ3n) is 3.60. The number of anilines is 1. The second-order valence-electron chi connectivity index (χ2n) is 5.12. The highest BCUT2D eigenvalue weighted by molar-refractivity contribution is 5.83. The van der Waals surface area contributed by atoms with E-state index in [2.05, 4.69) is 15.0 Å². The van der Waals surface area contributed by atoms with Gasteiger partial charge in [0, 0.05) is 30.9 Å². The highest BCUT2D eigenvalue weighted by Crippen LogP contribution is 2.21. The highest BCUT2D eigenvalue weighted by atomic mass is 16.3. The predicted octanol–water partition coefficient (Wildman–Crippen LogP) is 1.65. The maximum Gasteiger partial charge on any atom is 0.128 e. The molecule has 22 heavy (non-hydrogen) atoms. The SMILES string of the molecule is Oc1ccc(C=NN2CCN(c3ccccn3)CC2)c(O)c1. The lowest BCUT2D eigenvalue weighted by Gasteiger charge is -2.33. The average molecular weight is 298 g/mol. The number of phenols is 2. The number of hydrogen-bond donors (Lipinski definition) is 2. The zero-order chi connectivity index (χ0) is 15.4. The largest absolute Gasteiger partial charge is 0.508 e. The smallest absolute Gasteiger partial charge is 0.128 e. The van der Waals surface area contributed by atoms with Gasteiger partial charge in [0.05, 0.1) is 19.3 Å². The summed E-state index contributed by atoms with van der Waals surface area (Å²) in [5.41, 5.74) is 0.588. The molecule has 1 aliphatic rings. The molecule has 0 saturated carbocycles. The molecule has 1 aromatic carbocycles. The van der Waals surface area contributed by atoms with Crippen molar-refractivity contribution in [2.24, 2.45) is 5.10 Å². The summed E-state index contributed by atoms with van der Waals surface area (Å²) in [5.74, 6) is 1.05. The van der Waals surface area contributed by atoms with Gasteiger partial charge in [0.25, 0.3) is 0 Å². The van der Waals surface area contributed by atoms with E-state index in [4.69, 9.17) is 0 Å². The molecule has 3 rings (SSSR count). The molecule has 0 unspecified atom stereocenters. The lowest BCUT2D eigenvalue weighted by Crippen LogP contribution is -2.44. The van der Waals surface area contributed by atoms with E-state index in [1.807, 2.05) is 23.2 Å². The molecule has 0 spiro atoms. The van der Waals surface area contributed by atoms with Gasteiger partial charge in [0.15, 0.2) is 0 Å². The summed E-state index contributed by atoms with van der Waals surface area (Å²) in [6.45, 7) is 3.31. The monoisotopic (exact) mass is 298 g/mol. The minimum absolute atomic E-state index is 0.0240. The fraction of sp³-hybridized carbons (Fsp3) is 0.250. The zero-order valence-electron chi connectivity index (χ0n) is 12.1. The number of aromatic nitrogens is 1. The van der Waals surface area contributed by atoms with E-state index in [0.29, 0.717) is 5.56 Å². The number of benzene rings is 1. The summed E-state index contributed by atoms with van der Waals surface area (Å²) in [6, 6.07) is 10.4. The van der Waals surface area contributed by atoms with Crippen molar-refractivity contribution < 1.29 is 10.2 Å². The topological polar surface area (TPSA) is 72.2 Å². The van der Waals surface area contributed by atoms with Crippen molar-refractivity contribution in [2.45, 2.75) is 0 Å². The van der Waals surface area contributed by atoms with Gasteiger partial charge in [-0.1, -0.05) is 6.07 Å². The zero-order valence-corrected chi connectivity index (χ0v) is 12.1. The fourth-order valence-corrected chi connectivity index (χ4v) is 2.37. The van der Waals surface area contributed by atoms with E-state index in [1.54, 1.807) is 18.5 Å². The molecule has 1 aliphatic heterocycles. The molecule has 1 aromatic heterocycles. The average Bonchev–Trinajstić information content (AvgIpc) is 2.55. The van der Waals surface area contributed by atoms with Crippen molar-refractivity contribution in [1.82, 2.24) is 9.99 Å². The van der Waals surface area contributed by atoms with Crippen LogP contribution in [-0.4, -0.2) is 52.6 Å². The van der Waals surface area contributed by atoms with Crippen LogP contribution in [-0.2, 0) is 0 Å². The molecule has 6 heteroatoms. The lowest BCUT2D eigenvalue weighted by molar-refractivity contribution is 0.271. The number of pyridine rings is 1. The Hall–Kier alpha value is -2.76. The highest BCUT2D eigenvalue weighted by Gasteiger charge is 2.16. The second-order valence-corrected chi connectivity index (χ2v) is 5.12.